The Labute approximate surface area is 139 Å². The number of hydrogen-bond donors (Lipinski definition) is 1. The monoisotopic (exact) mass is 340 g/mol. The van der Waals surface area contributed by atoms with Gasteiger partial charge in [-0.3, -0.25) is 9.59 Å². The number of carbonyl (C=O) groups excluding carboxylic acids is 2. The van der Waals surface area contributed by atoms with Crippen LogP contribution in [-0.4, -0.2) is 29.3 Å². The molecule has 0 radical (unpaired) electrons. The van der Waals surface area contributed by atoms with Crippen molar-refractivity contribution in [3.63, 3.8) is 0 Å². The summed E-state index contributed by atoms with van der Waals surface area (Å²) < 4.78 is 0. The van der Waals surface area contributed by atoms with Gasteiger partial charge in [0.25, 0.3) is 0 Å². The van der Waals surface area contributed by atoms with Crippen LogP contribution < -0.4 is 5.32 Å². The molecule has 2 aliphatic rings. The van der Waals surface area contributed by atoms with Crippen LogP contribution in [0.4, 0.5) is 5.69 Å². The zero-order valence-electron chi connectivity index (χ0n) is 12.1. The second kappa shape index (κ2) is 6.47. The molecule has 0 aromatic heterocycles. The summed E-state index contributed by atoms with van der Waals surface area (Å²) in [5.41, 5.74) is 0.530. The first-order valence-electron chi connectivity index (χ1n) is 7.60. The van der Waals surface area contributed by atoms with Gasteiger partial charge in [0.15, 0.2) is 0 Å². The Morgan fingerprint density at radius 3 is 2.64 bits per heavy atom. The van der Waals surface area contributed by atoms with E-state index in [-0.39, 0.29) is 24.2 Å². The third-order valence-corrected chi connectivity index (χ3v) is 5.03. The smallest absolute Gasteiger partial charge is 0.229 e. The molecule has 0 unspecified atom stereocenters. The summed E-state index contributed by atoms with van der Waals surface area (Å²) in [5, 5.41) is 3.72. The summed E-state index contributed by atoms with van der Waals surface area (Å²) in [6.45, 7) is 0.514. The molecule has 1 aliphatic carbocycles. The topological polar surface area (TPSA) is 49.4 Å². The molecule has 1 saturated carbocycles. The van der Waals surface area contributed by atoms with Gasteiger partial charge in [-0.05, 0) is 31.0 Å². The fourth-order valence-electron chi connectivity index (χ4n) is 3.30. The van der Waals surface area contributed by atoms with Crippen LogP contribution >= 0.6 is 23.2 Å². The Hall–Kier alpha value is -1.26. The Morgan fingerprint density at radius 2 is 1.95 bits per heavy atom. The second-order valence-electron chi connectivity index (χ2n) is 6.00. The molecule has 1 heterocycles. The quantitative estimate of drug-likeness (QED) is 0.911. The summed E-state index contributed by atoms with van der Waals surface area (Å²) in [6, 6.07) is 5.26. The number of nitrogens with one attached hydrogen (secondary N) is 1. The lowest BCUT2D eigenvalue weighted by Gasteiger charge is -2.23. The average molecular weight is 341 g/mol. The van der Waals surface area contributed by atoms with Gasteiger partial charge in [0.1, 0.15) is 0 Å². The molecule has 4 nitrogen and oxygen atoms in total. The van der Waals surface area contributed by atoms with Gasteiger partial charge in [-0.15, -0.1) is 0 Å². The van der Waals surface area contributed by atoms with E-state index in [1.165, 1.54) is 12.8 Å². The van der Waals surface area contributed by atoms with Crippen LogP contribution in [0.5, 0.6) is 0 Å². The van der Waals surface area contributed by atoms with Crippen LogP contribution in [0.3, 0.4) is 0 Å². The van der Waals surface area contributed by atoms with Crippen LogP contribution in [0.25, 0.3) is 0 Å². The van der Waals surface area contributed by atoms with E-state index in [1.54, 1.807) is 18.2 Å². The highest BCUT2D eigenvalue weighted by Crippen LogP contribution is 2.31. The summed E-state index contributed by atoms with van der Waals surface area (Å²) in [7, 11) is 0. The van der Waals surface area contributed by atoms with Crippen molar-refractivity contribution in [2.24, 2.45) is 5.92 Å². The van der Waals surface area contributed by atoms with E-state index in [0.717, 1.165) is 12.8 Å². The van der Waals surface area contributed by atoms with Gasteiger partial charge in [-0.1, -0.05) is 36.0 Å². The fraction of sp³-hybridized carbons (Fsp3) is 0.500. The molecule has 2 amide bonds. The molecular weight excluding hydrogens is 323 g/mol. The summed E-state index contributed by atoms with van der Waals surface area (Å²) in [6.07, 6.45) is 4.75. The van der Waals surface area contributed by atoms with Crippen LogP contribution in [0.1, 0.15) is 32.1 Å². The minimum Gasteiger partial charge on any atom is -0.339 e. The number of rotatable bonds is 3. The number of amides is 2. The number of likely N-dealkylation sites (tertiary alicyclic amines) is 1. The second-order valence-corrected chi connectivity index (χ2v) is 6.84. The van der Waals surface area contributed by atoms with E-state index in [0.29, 0.717) is 28.3 Å². The first-order chi connectivity index (χ1) is 10.5. The van der Waals surface area contributed by atoms with Crippen molar-refractivity contribution in [1.29, 1.82) is 0 Å². The first kappa shape index (κ1) is 15.6. The zero-order valence-corrected chi connectivity index (χ0v) is 13.7. The molecule has 3 rings (SSSR count). The maximum atomic E-state index is 12.4. The molecule has 1 atom stereocenters. The summed E-state index contributed by atoms with van der Waals surface area (Å²) in [4.78, 5) is 26.4. The molecular formula is C16H18Cl2N2O2. The molecule has 0 bridgehead atoms. The van der Waals surface area contributed by atoms with Crippen molar-refractivity contribution in [3.05, 3.63) is 28.2 Å². The normalized spacial score (nSPS) is 22.4. The Kier molecular flexibility index (Phi) is 4.59. The van der Waals surface area contributed by atoms with Gasteiger partial charge >= 0.3 is 0 Å². The Balaban J connectivity index is 1.64. The van der Waals surface area contributed by atoms with Gasteiger partial charge in [0.2, 0.25) is 11.8 Å². The lowest BCUT2D eigenvalue weighted by molar-refractivity contribution is -0.129. The molecule has 1 saturated heterocycles. The van der Waals surface area contributed by atoms with Crippen molar-refractivity contribution >= 4 is 40.7 Å². The molecule has 22 heavy (non-hydrogen) atoms. The highest BCUT2D eigenvalue weighted by Gasteiger charge is 2.38. The SMILES string of the molecule is O=C(Nc1ccc(Cl)cc1Cl)[C@@H]1CC(=O)N(C2CCCC2)C1. The van der Waals surface area contributed by atoms with Crippen molar-refractivity contribution in [2.45, 2.75) is 38.1 Å². The predicted molar refractivity (Wildman–Crippen MR) is 87.2 cm³/mol. The number of carbonyl (C=O) groups is 2. The highest BCUT2D eigenvalue weighted by molar-refractivity contribution is 6.36. The average Bonchev–Trinajstić information content (AvgIpc) is 3.10. The third-order valence-electron chi connectivity index (χ3n) is 4.48. The van der Waals surface area contributed by atoms with E-state index in [1.807, 2.05) is 4.90 Å². The Morgan fingerprint density at radius 1 is 1.23 bits per heavy atom. The number of anilines is 1. The first-order valence-corrected chi connectivity index (χ1v) is 8.35. The number of benzene rings is 1. The third kappa shape index (κ3) is 3.23. The van der Waals surface area contributed by atoms with E-state index in [4.69, 9.17) is 23.2 Å². The lowest BCUT2D eigenvalue weighted by atomic mass is 10.1. The van der Waals surface area contributed by atoms with Gasteiger partial charge in [0.05, 0.1) is 16.6 Å². The molecule has 1 N–H and O–H groups in total. The van der Waals surface area contributed by atoms with E-state index in [9.17, 15) is 9.59 Å². The standard InChI is InChI=1S/C16H18Cl2N2O2/c17-11-5-6-14(13(18)8-11)19-16(22)10-7-15(21)20(9-10)12-3-1-2-4-12/h5-6,8,10,12H,1-4,7,9H2,(H,19,22)/t10-/m1/s1. The van der Waals surface area contributed by atoms with Crippen molar-refractivity contribution in [2.75, 3.05) is 11.9 Å². The van der Waals surface area contributed by atoms with Crippen molar-refractivity contribution < 1.29 is 9.59 Å². The molecule has 0 spiro atoms. The van der Waals surface area contributed by atoms with Gasteiger partial charge in [0, 0.05) is 24.0 Å². The van der Waals surface area contributed by atoms with Gasteiger partial charge < -0.3 is 10.2 Å². The minimum absolute atomic E-state index is 0.0919. The van der Waals surface area contributed by atoms with Crippen molar-refractivity contribution in [3.8, 4) is 0 Å². The molecule has 2 fully saturated rings. The number of halogens is 2. The van der Waals surface area contributed by atoms with Crippen molar-refractivity contribution in [1.82, 2.24) is 4.90 Å². The van der Waals surface area contributed by atoms with Gasteiger partial charge in [-0.2, -0.15) is 0 Å². The maximum Gasteiger partial charge on any atom is 0.229 e. The van der Waals surface area contributed by atoms with Crippen LogP contribution in [-0.2, 0) is 9.59 Å². The number of nitrogens with zero attached hydrogens (tertiary/aromatic N) is 1. The lowest BCUT2D eigenvalue weighted by Crippen LogP contribution is -2.35. The van der Waals surface area contributed by atoms with Gasteiger partial charge in [-0.25, -0.2) is 0 Å². The molecule has 1 aliphatic heterocycles. The molecule has 118 valence electrons. The fourth-order valence-corrected chi connectivity index (χ4v) is 3.76. The zero-order chi connectivity index (χ0) is 15.7. The maximum absolute atomic E-state index is 12.4. The molecule has 1 aromatic rings. The molecule has 1 aromatic carbocycles. The van der Waals surface area contributed by atoms with E-state index in [2.05, 4.69) is 5.32 Å². The van der Waals surface area contributed by atoms with Crippen LogP contribution in [0, 0.1) is 5.92 Å². The van der Waals surface area contributed by atoms with E-state index >= 15 is 0 Å². The Bertz CT molecular complexity index is 600. The minimum atomic E-state index is -0.306. The highest BCUT2D eigenvalue weighted by atomic mass is 35.5. The molecule has 6 heteroatoms. The van der Waals surface area contributed by atoms with Crippen LogP contribution in [0.2, 0.25) is 10.0 Å². The summed E-state index contributed by atoms with van der Waals surface area (Å²) in [5.74, 6) is -0.368. The number of hydrogen-bond acceptors (Lipinski definition) is 2. The predicted octanol–water partition coefficient (Wildman–Crippen LogP) is 3.72. The largest absolute Gasteiger partial charge is 0.339 e. The van der Waals surface area contributed by atoms with Crippen LogP contribution in [0.15, 0.2) is 18.2 Å². The summed E-state index contributed by atoms with van der Waals surface area (Å²) >= 11 is 11.9. The van der Waals surface area contributed by atoms with E-state index < -0.39 is 0 Å².